The van der Waals surface area contributed by atoms with Gasteiger partial charge in [-0.05, 0) is 62.9 Å². The number of aromatic nitrogens is 2. The molecule has 0 radical (unpaired) electrons. The van der Waals surface area contributed by atoms with Crippen LogP contribution in [0.15, 0.2) is 52.4 Å². The monoisotopic (exact) mass is 378 g/mol. The van der Waals surface area contributed by atoms with Gasteiger partial charge in [0.2, 0.25) is 0 Å². The number of hydrogen-bond acceptors (Lipinski definition) is 4. The Morgan fingerprint density at radius 1 is 1.15 bits per heavy atom. The molecule has 4 rings (SSSR count). The first-order chi connectivity index (χ1) is 13.0. The first-order valence-corrected chi connectivity index (χ1v) is 10.1. The smallest absolute Gasteiger partial charge is 0.262 e. The molecule has 0 N–H and O–H groups in total. The van der Waals surface area contributed by atoms with E-state index in [9.17, 15) is 9.59 Å². The van der Waals surface area contributed by atoms with Gasteiger partial charge in [0, 0.05) is 11.6 Å². The van der Waals surface area contributed by atoms with Crippen molar-refractivity contribution in [2.75, 3.05) is 0 Å². The maximum absolute atomic E-state index is 13.0. The highest BCUT2D eigenvalue weighted by atomic mass is 32.2. The van der Waals surface area contributed by atoms with Crippen molar-refractivity contribution in [1.82, 2.24) is 9.55 Å². The average Bonchev–Trinajstić information content (AvgIpc) is 3.48. The molecule has 0 aliphatic heterocycles. The summed E-state index contributed by atoms with van der Waals surface area (Å²) in [5.74, 6) is 0.0628. The van der Waals surface area contributed by atoms with Gasteiger partial charge in [0.1, 0.15) is 0 Å². The molecule has 1 fully saturated rings. The Morgan fingerprint density at radius 3 is 2.59 bits per heavy atom. The van der Waals surface area contributed by atoms with E-state index in [1.807, 2.05) is 63.2 Å². The van der Waals surface area contributed by atoms with Crippen molar-refractivity contribution in [2.45, 2.75) is 50.1 Å². The van der Waals surface area contributed by atoms with Gasteiger partial charge in [-0.3, -0.25) is 14.2 Å². The van der Waals surface area contributed by atoms with E-state index < -0.39 is 0 Å². The number of thioether (sulfide) groups is 1. The fourth-order valence-corrected chi connectivity index (χ4v) is 4.26. The average molecular weight is 378 g/mol. The van der Waals surface area contributed by atoms with E-state index in [0.29, 0.717) is 21.6 Å². The van der Waals surface area contributed by atoms with Crippen molar-refractivity contribution in [2.24, 2.45) is 0 Å². The number of carbonyl (C=O) groups is 1. The molecule has 5 heteroatoms. The summed E-state index contributed by atoms with van der Waals surface area (Å²) >= 11 is 1.38. The molecule has 0 unspecified atom stereocenters. The standard InChI is InChI=1S/C22H22N2O2S/c1-13-8-9-16(12-14(13)2)20(25)15(3)27-22-23-19-7-5-4-6-18(19)21(26)24(22)17-10-11-17/h4-9,12,15,17H,10-11H2,1-3H3/t15-/m0/s1. The molecule has 1 heterocycles. The summed E-state index contributed by atoms with van der Waals surface area (Å²) in [5.41, 5.74) is 3.67. The van der Waals surface area contributed by atoms with E-state index in [-0.39, 0.29) is 22.6 Å². The lowest BCUT2D eigenvalue weighted by molar-refractivity contribution is 0.0993. The zero-order chi connectivity index (χ0) is 19.1. The zero-order valence-corrected chi connectivity index (χ0v) is 16.5. The molecular formula is C22H22N2O2S. The molecule has 0 spiro atoms. The molecule has 0 amide bonds. The zero-order valence-electron chi connectivity index (χ0n) is 15.7. The summed E-state index contributed by atoms with van der Waals surface area (Å²) in [6.07, 6.45) is 1.99. The molecule has 0 saturated heterocycles. The van der Waals surface area contributed by atoms with E-state index in [0.717, 1.165) is 18.4 Å². The number of carbonyl (C=O) groups excluding carboxylic acids is 1. The lowest BCUT2D eigenvalue weighted by Gasteiger charge is -2.16. The van der Waals surface area contributed by atoms with Crippen molar-refractivity contribution >= 4 is 28.4 Å². The van der Waals surface area contributed by atoms with Crippen LogP contribution in [0.3, 0.4) is 0 Å². The van der Waals surface area contributed by atoms with Crippen LogP contribution in [0.25, 0.3) is 10.9 Å². The molecule has 0 bridgehead atoms. The van der Waals surface area contributed by atoms with Gasteiger partial charge in [-0.2, -0.15) is 0 Å². The quantitative estimate of drug-likeness (QED) is 0.366. The van der Waals surface area contributed by atoms with Crippen molar-refractivity contribution < 1.29 is 4.79 Å². The van der Waals surface area contributed by atoms with Crippen molar-refractivity contribution in [3.63, 3.8) is 0 Å². The third-order valence-corrected chi connectivity index (χ3v) is 6.20. The van der Waals surface area contributed by atoms with Gasteiger partial charge in [0.15, 0.2) is 10.9 Å². The van der Waals surface area contributed by atoms with E-state index >= 15 is 0 Å². The third-order valence-electron chi connectivity index (χ3n) is 5.13. The molecule has 138 valence electrons. The van der Waals surface area contributed by atoms with Crippen LogP contribution in [0.5, 0.6) is 0 Å². The summed E-state index contributed by atoms with van der Waals surface area (Å²) in [6.45, 7) is 5.94. The Bertz CT molecular complexity index is 1100. The van der Waals surface area contributed by atoms with Crippen LogP contribution < -0.4 is 5.56 Å². The topological polar surface area (TPSA) is 52.0 Å². The molecule has 1 aliphatic carbocycles. The summed E-state index contributed by atoms with van der Waals surface area (Å²) in [6, 6.07) is 13.4. The van der Waals surface area contributed by atoms with Crippen LogP contribution >= 0.6 is 11.8 Å². The maximum Gasteiger partial charge on any atom is 0.262 e. The van der Waals surface area contributed by atoms with E-state index in [1.165, 1.54) is 17.3 Å². The normalized spacial score (nSPS) is 15.1. The van der Waals surface area contributed by atoms with E-state index in [1.54, 1.807) is 4.57 Å². The Morgan fingerprint density at radius 2 is 1.89 bits per heavy atom. The lowest BCUT2D eigenvalue weighted by Crippen LogP contribution is -2.24. The van der Waals surface area contributed by atoms with Gasteiger partial charge in [-0.25, -0.2) is 4.98 Å². The largest absolute Gasteiger partial charge is 0.293 e. The second-order valence-electron chi connectivity index (χ2n) is 7.24. The molecule has 27 heavy (non-hydrogen) atoms. The summed E-state index contributed by atoms with van der Waals surface area (Å²) in [7, 11) is 0. The van der Waals surface area contributed by atoms with Gasteiger partial charge >= 0.3 is 0 Å². The highest BCUT2D eigenvalue weighted by Crippen LogP contribution is 2.38. The minimum atomic E-state index is -0.315. The number of para-hydroxylation sites is 1. The number of nitrogens with zero attached hydrogens (tertiary/aromatic N) is 2. The number of benzene rings is 2. The number of ketones is 1. The minimum Gasteiger partial charge on any atom is -0.293 e. The van der Waals surface area contributed by atoms with Gasteiger partial charge in [-0.1, -0.05) is 36.0 Å². The van der Waals surface area contributed by atoms with Gasteiger partial charge in [-0.15, -0.1) is 0 Å². The first kappa shape index (κ1) is 18.0. The molecule has 1 atom stereocenters. The van der Waals surface area contributed by atoms with Crippen molar-refractivity contribution in [1.29, 1.82) is 0 Å². The van der Waals surface area contributed by atoms with Crippen LogP contribution in [-0.2, 0) is 0 Å². The van der Waals surface area contributed by atoms with Crippen LogP contribution in [0.4, 0.5) is 0 Å². The Balaban J connectivity index is 1.70. The summed E-state index contributed by atoms with van der Waals surface area (Å²) < 4.78 is 1.79. The van der Waals surface area contributed by atoms with Crippen LogP contribution in [0.2, 0.25) is 0 Å². The predicted molar refractivity (Wildman–Crippen MR) is 110 cm³/mol. The van der Waals surface area contributed by atoms with Gasteiger partial charge < -0.3 is 0 Å². The molecule has 1 aromatic heterocycles. The van der Waals surface area contributed by atoms with Crippen LogP contribution in [0, 0.1) is 13.8 Å². The molecule has 1 aliphatic rings. The summed E-state index contributed by atoms with van der Waals surface area (Å²) in [5, 5.41) is 0.970. The number of fused-ring (bicyclic) bond motifs is 1. The number of rotatable bonds is 5. The van der Waals surface area contributed by atoms with Crippen molar-refractivity contribution in [3.05, 3.63) is 69.5 Å². The Labute approximate surface area is 162 Å². The predicted octanol–water partition coefficient (Wildman–Crippen LogP) is 4.71. The Kier molecular flexibility index (Phi) is 4.64. The third kappa shape index (κ3) is 3.44. The molecule has 3 aromatic rings. The van der Waals surface area contributed by atoms with Crippen LogP contribution in [0.1, 0.15) is 47.3 Å². The second-order valence-corrected chi connectivity index (χ2v) is 8.55. The van der Waals surface area contributed by atoms with E-state index in [4.69, 9.17) is 4.98 Å². The van der Waals surface area contributed by atoms with Crippen LogP contribution in [-0.4, -0.2) is 20.6 Å². The van der Waals surface area contributed by atoms with Crippen molar-refractivity contribution in [3.8, 4) is 0 Å². The summed E-state index contributed by atoms with van der Waals surface area (Å²) in [4.78, 5) is 30.6. The number of aryl methyl sites for hydroxylation is 2. The molecular weight excluding hydrogens is 356 g/mol. The lowest BCUT2D eigenvalue weighted by atomic mass is 10.0. The van der Waals surface area contributed by atoms with Gasteiger partial charge in [0.05, 0.1) is 16.2 Å². The molecule has 4 nitrogen and oxygen atoms in total. The van der Waals surface area contributed by atoms with E-state index in [2.05, 4.69) is 0 Å². The second kappa shape index (κ2) is 6.97. The number of Topliss-reactive ketones (excluding diaryl/α,β-unsaturated/α-hetero) is 1. The first-order valence-electron chi connectivity index (χ1n) is 9.25. The minimum absolute atomic E-state index is 0.00331. The fourth-order valence-electron chi connectivity index (χ4n) is 3.20. The fraction of sp³-hybridized carbons (Fsp3) is 0.318. The maximum atomic E-state index is 13.0. The Hall–Kier alpha value is -2.40. The molecule has 1 saturated carbocycles. The van der Waals surface area contributed by atoms with Gasteiger partial charge in [0.25, 0.3) is 5.56 Å². The highest BCUT2D eigenvalue weighted by Gasteiger charge is 2.30. The molecule has 2 aromatic carbocycles. The SMILES string of the molecule is Cc1ccc(C(=O)[C@H](C)Sc2nc3ccccc3c(=O)n2C2CC2)cc1C. The highest BCUT2D eigenvalue weighted by molar-refractivity contribution is 8.00. The number of hydrogen-bond donors (Lipinski definition) is 0.